The SMILES string of the molecule is CCCN(CC)CCOc1nccc2cc(OC)ccc12. The Morgan fingerprint density at radius 2 is 2.00 bits per heavy atom. The first-order chi connectivity index (χ1) is 10.3. The molecule has 0 amide bonds. The number of methoxy groups -OCH3 is 1. The number of pyridine rings is 1. The van der Waals surface area contributed by atoms with E-state index in [2.05, 4.69) is 23.7 Å². The van der Waals surface area contributed by atoms with Gasteiger partial charge in [-0.05, 0) is 49.2 Å². The average Bonchev–Trinajstić information content (AvgIpc) is 2.53. The maximum atomic E-state index is 5.88. The number of hydrogen-bond donors (Lipinski definition) is 0. The van der Waals surface area contributed by atoms with Crippen LogP contribution in [0.1, 0.15) is 20.3 Å². The Balaban J connectivity index is 2.05. The van der Waals surface area contributed by atoms with Gasteiger partial charge in [0.2, 0.25) is 5.88 Å². The van der Waals surface area contributed by atoms with E-state index in [1.165, 1.54) is 6.42 Å². The normalized spacial score (nSPS) is 11.0. The highest BCUT2D eigenvalue weighted by atomic mass is 16.5. The minimum Gasteiger partial charge on any atom is -0.497 e. The molecule has 114 valence electrons. The summed E-state index contributed by atoms with van der Waals surface area (Å²) in [6.07, 6.45) is 2.95. The maximum absolute atomic E-state index is 5.88. The highest BCUT2D eigenvalue weighted by Gasteiger charge is 2.06. The largest absolute Gasteiger partial charge is 0.497 e. The van der Waals surface area contributed by atoms with Gasteiger partial charge < -0.3 is 14.4 Å². The second kappa shape index (κ2) is 7.84. The van der Waals surface area contributed by atoms with Crippen LogP contribution < -0.4 is 9.47 Å². The molecular weight excluding hydrogens is 264 g/mol. The molecule has 1 aromatic carbocycles. The van der Waals surface area contributed by atoms with Crippen molar-refractivity contribution in [3.63, 3.8) is 0 Å². The summed E-state index contributed by atoms with van der Waals surface area (Å²) >= 11 is 0. The summed E-state index contributed by atoms with van der Waals surface area (Å²) in [4.78, 5) is 6.73. The lowest BCUT2D eigenvalue weighted by Crippen LogP contribution is -2.29. The third-order valence-corrected chi connectivity index (χ3v) is 3.57. The van der Waals surface area contributed by atoms with Crippen LogP contribution in [-0.2, 0) is 0 Å². The van der Waals surface area contributed by atoms with Gasteiger partial charge in [0.25, 0.3) is 0 Å². The van der Waals surface area contributed by atoms with E-state index in [-0.39, 0.29) is 0 Å². The number of hydrogen-bond acceptors (Lipinski definition) is 4. The van der Waals surface area contributed by atoms with Crippen LogP contribution in [0.4, 0.5) is 0 Å². The molecule has 0 atom stereocenters. The fraction of sp³-hybridized carbons (Fsp3) is 0.471. The summed E-state index contributed by atoms with van der Waals surface area (Å²) in [5.74, 6) is 1.54. The lowest BCUT2D eigenvalue weighted by molar-refractivity contribution is 0.213. The van der Waals surface area contributed by atoms with Crippen molar-refractivity contribution >= 4 is 10.8 Å². The summed E-state index contributed by atoms with van der Waals surface area (Å²) in [7, 11) is 1.67. The van der Waals surface area contributed by atoms with Gasteiger partial charge in [-0.3, -0.25) is 0 Å². The molecule has 0 aliphatic heterocycles. The summed E-state index contributed by atoms with van der Waals surface area (Å²) in [6.45, 7) is 8.13. The summed E-state index contributed by atoms with van der Waals surface area (Å²) in [5.41, 5.74) is 0. The first kappa shape index (κ1) is 15.6. The molecule has 1 aromatic heterocycles. The first-order valence-corrected chi connectivity index (χ1v) is 7.56. The van der Waals surface area contributed by atoms with Crippen LogP contribution in [0.25, 0.3) is 10.8 Å². The van der Waals surface area contributed by atoms with Crippen molar-refractivity contribution in [2.45, 2.75) is 20.3 Å². The number of likely N-dealkylation sites (N-methyl/N-ethyl adjacent to an activating group) is 1. The Kier molecular flexibility index (Phi) is 5.81. The smallest absolute Gasteiger partial charge is 0.221 e. The summed E-state index contributed by atoms with van der Waals surface area (Å²) in [5, 5.41) is 2.11. The maximum Gasteiger partial charge on any atom is 0.221 e. The zero-order valence-electron chi connectivity index (χ0n) is 13.1. The Morgan fingerprint density at radius 1 is 1.14 bits per heavy atom. The number of ether oxygens (including phenoxy) is 2. The van der Waals surface area contributed by atoms with Gasteiger partial charge in [0.05, 0.1) is 7.11 Å². The molecule has 1 heterocycles. The van der Waals surface area contributed by atoms with Crippen LogP contribution in [0.3, 0.4) is 0 Å². The van der Waals surface area contributed by atoms with Crippen molar-refractivity contribution in [3.8, 4) is 11.6 Å². The number of aromatic nitrogens is 1. The Morgan fingerprint density at radius 3 is 2.71 bits per heavy atom. The zero-order chi connectivity index (χ0) is 15.1. The zero-order valence-corrected chi connectivity index (χ0v) is 13.1. The van der Waals surface area contributed by atoms with Crippen molar-refractivity contribution in [2.24, 2.45) is 0 Å². The molecule has 2 aromatic rings. The van der Waals surface area contributed by atoms with E-state index >= 15 is 0 Å². The number of nitrogens with zero attached hydrogens (tertiary/aromatic N) is 2. The Labute approximate surface area is 126 Å². The van der Waals surface area contributed by atoms with Gasteiger partial charge in [-0.25, -0.2) is 4.98 Å². The van der Waals surface area contributed by atoms with Crippen molar-refractivity contribution in [1.82, 2.24) is 9.88 Å². The molecule has 4 heteroatoms. The van der Waals surface area contributed by atoms with Gasteiger partial charge >= 0.3 is 0 Å². The fourth-order valence-corrected chi connectivity index (χ4v) is 2.39. The van der Waals surface area contributed by atoms with Crippen LogP contribution in [0.5, 0.6) is 11.6 Å². The minimum absolute atomic E-state index is 0.659. The highest BCUT2D eigenvalue weighted by molar-refractivity contribution is 5.87. The average molecular weight is 288 g/mol. The van der Waals surface area contributed by atoms with Crippen LogP contribution in [0.2, 0.25) is 0 Å². The number of rotatable bonds is 8. The van der Waals surface area contributed by atoms with Crippen LogP contribution in [-0.4, -0.2) is 43.2 Å². The van der Waals surface area contributed by atoms with E-state index in [1.54, 1.807) is 13.3 Å². The number of fused-ring (bicyclic) bond motifs is 1. The standard InChI is InChI=1S/C17H24N2O2/c1-4-10-19(5-2)11-12-21-17-16-7-6-15(20-3)13-14(16)8-9-18-17/h6-9,13H,4-5,10-12H2,1-3H3. The first-order valence-electron chi connectivity index (χ1n) is 7.56. The summed E-state index contributed by atoms with van der Waals surface area (Å²) < 4.78 is 11.1. The van der Waals surface area contributed by atoms with Gasteiger partial charge in [0, 0.05) is 18.1 Å². The monoisotopic (exact) mass is 288 g/mol. The molecule has 0 bridgehead atoms. The molecule has 0 spiro atoms. The van der Waals surface area contributed by atoms with Crippen LogP contribution >= 0.6 is 0 Å². The Hall–Kier alpha value is -1.81. The molecule has 0 aliphatic carbocycles. The van der Waals surface area contributed by atoms with Crippen LogP contribution in [0.15, 0.2) is 30.5 Å². The lowest BCUT2D eigenvalue weighted by Gasteiger charge is -2.19. The molecule has 0 fully saturated rings. The molecule has 0 saturated heterocycles. The van der Waals surface area contributed by atoms with Gasteiger partial charge in [-0.1, -0.05) is 13.8 Å². The molecule has 2 rings (SSSR count). The third kappa shape index (κ3) is 4.08. The fourth-order valence-electron chi connectivity index (χ4n) is 2.39. The minimum atomic E-state index is 0.659. The van der Waals surface area contributed by atoms with E-state index in [0.717, 1.165) is 36.2 Å². The van der Waals surface area contributed by atoms with Crippen molar-refractivity contribution < 1.29 is 9.47 Å². The molecule has 0 saturated carbocycles. The molecule has 0 radical (unpaired) electrons. The summed E-state index contributed by atoms with van der Waals surface area (Å²) in [6, 6.07) is 7.91. The van der Waals surface area contributed by atoms with Crippen molar-refractivity contribution in [1.29, 1.82) is 0 Å². The number of benzene rings is 1. The second-order valence-corrected chi connectivity index (χ2v) is 4.99. The molecular formula is C17H24N2O2. The van der Waals surface area contributed by atoms with E-state index < -0.39 is 0 Å². The molecule has 4 nitrogen and oxygen atoms in total. The van der Waals surface area contributed by atoms with Crippen LogP contribution in [0, 0.1) is 0 Å². The molecule has 0 unspecified atom stereocenters. The van der Waals surface area contributed by atoms with E-state index in [1.807, 2.05) is 24.3 Å². The quantitative estimate of drug-likeness (QED) is 0.746. The van der Waals surface area contributed by atoms with Gasteiger partial charge in [0.1, 0.15) is 12.4 Å². The highest BCUT2D eigenvalue weighted by Crippen LogP contribution is 2.26. The lowest BCUT2D eigenvalue weighted by atomic mass is 10.1. The van der Waals surface area contributed by atoms with Crippen molar-refractivity contribution in [2.75, 3.05) is 33.4 Å². The van der Waals surface area contributed by atoms with Crippen molar-refractivity contribution in [3.05, 3.63) is 30.5 Å². The van der Waals surface area contributed by atoms with Gasteiger partial charge in [0.15, 0.2) is 0 Å². The van der Waals surface area contributed by atoms with Gasteiger partial charge in [-0.2, -0.15) is 0 Å². The van der Waals surface area contributed by atoms with E-state index in [4.69, 9.17) is 9.47 Å². The molecule has 0 N–H and O–H groups in total. The van der Waals surface area contributed by atoms with E-state index in [0.29, 0.717) is 12.5 Å². The predicted octanol–water partition coefficient (Wildman–Crippen LogP) is 3.35. The Bertz CT molecular complexity index is 572. The third-order valence-electron chi connectivity index (χ3n) is 3.57. The van der Waals surface area contributed by atoms with E-state index in [9.17, 15) is 0 Å². The predicted molar refractivity (Wildman–Crippen MR) is 86.2 cm³/mol. The second-order valence-electron chi connectivity index (χ2n) is 4.99. The topological polar surface area (TPSA) is 34.6 Å². The molecule has 0 aliphatic rings. The molecule has 21 heavy (non-hydrogen) atoms. The van der Waals surface area contributed by atoms with Gasteiger partial charge in [-0.15, -0.1) is 0 Å².